The van der Waals surface area contributed by atoms with E-state index in [9.17, 15) is 4.79 Å². The summed E-state index contributed by atoms with van der Waals surface area (Å²) in [5, 5.41) is 1.88. The average molecular weight is 244 g/mol. The zero-order valence-electron chi connectivity index (χ0n) is 9.47. The number of ether oxygens (including phenoxy) is 1. The van der Waals surface area contributed by atoms with Gasteiger partial charge in [0.2, 0.25) is 5.78 Å². The number of ketones is 1. The summed E-state index contributed by atoms with van der Waals surface area (Å²) in [5.41, 5.74) is 1.33. The molecule has 0 atom stereocenters. The fraction of sp³-hybridized carbons (Fsp3) is 0.0714. The Hall–Kier alpha value is -1.87. The van der Waals surface area contributed by atoms with Crippen LogP contribution in [0.15, 0.2) is 48.4 Å². The van der Waals surface area contributed by atoms with Crippen molar-refractivity contribution in [2.45, 2.75) is 0 Å². The normalized spacial score (nSPS) is 9.94. The zero-order valence-corrected chi connectivity index (χ0v) is 10.3. The van der Waals surface area contributed by atoms with Crippen LogP contribution in [-0.4, -0.2) is 12.9 Å². The van der Waals surface area contributed by atoms with Gasteiger partial charge < -0.3 is 4.74 Å². The lowest BCUT2D eigenvalue weighted by Crippen LogP contribution is -1.99. The van der Waals surface area contributed by atoms with Crippen LogP contribution in [0, 0.1) is 0 Å². The van der Waals surface area contributed by atoms with E-state index in [1.807, 2.05) is 41.8 Å². The van der Waals surface area contributed by atoms with Gasteiger partial charge in [-0.3, -0.25) is 4.79 Å². The summed E-state index contributed by atoms with van der Waals surface area (Å²) >= 11 is 1.43. The molecule has 0 spiro atoms. The molecular formula is C14H12O2S. The van der Waals surface area contributed by atoms with Crippen molar-refractivity contribution in [3.05, 3.63) is 58.8 Å². The molecule has 0 unspecified atom stereocenters. The lowest BCUT2D eigenvalue weighted by molar-refractivity contribution is 0.106. The van der Waals surface area contributed by atoms with E-state index in [0.717, 1.165) is 11.3 Å². The van der Waals surface area contributed by atoms with Crippen molar-refractivity contribution in [3.8, 4) is 5.75 Å². The predicted octanol–water partition coefficient (Wildman–Crippen LogP) is 3.65. The molecule has 0 aliphatic carbocycles. The van der Waals surface area contributed by atoms with Crippen LogP contribution >= 0.6 is 11.3 Å². The summed E-state index contributed by atoms with van der Waals surface area (Å²) in [6.45, 7) is 3.85. The molecule has 17 heavy (non-hydrogen) atoms. The first kappa shape index (κ1) is 11.6. The number of carbonyl (C=O) groups excluding carboxylic acids is 1. The highest BCUT2D eigenvalue weighted by atomic mass is 32.1. The number of allylic oxidation sites excluding steroid dienone is 1. The molecule has 2 aromatic rings. The Bertz CT molecular complexity index is 524. The van der Waals surface area contributed by atoms with E-state index in [-0.39, 0.29) is 5.78 Å². The molecule has 1 aromatic carbocycles. The van der Waals surface area contributed by atoms with Crippen LogP contribution < -0.4 is 4.74 Å². The number of hydrogen-bond acceptors (Lipinski definition) is 3. The maximum absolute atomic E-state index is 12.0. The molecule has 2 rings (SSSR count). The first-order valence-corrected chi connectivity index (χ1v) is 6.02. The van der Waals surface area contributed by atoms with Gasteiger partial charge >= 0.3 is 0 Å². The molecule has 3 heteroatoms. The second kappa shape index (κ2) is 4.97. The van der Waals surface area contributed by atoms with E-state index in [0.29, 0.717) is 10.5 Å². The summed E-state index contributed by atoms with van der Waals surface area (Å²) in [5.74, 6) is 0.746. The Morgan fingerprint density at radius 3 is 2.47 bits per heavy atom. The van der Waals surface area contributed by atoms with Gasteiger partial charge in [-0.05, 0) is 29.1 Å². The van der Waals surface area contributed by atoms with Crippen molar-refractivity contribution in [2.75, 3.05) is 7.11 Å². The number of rotatable bonds is 4. The van der Waals surface area contributed by atoms with Crippen molar-refractivity contribution in [1.82, 2.24) is 0 Å². The minimum atomic E-state index is -0.0230. The number of thiophene rings is 1. The van der Waals surface area contributed by atoms with Crippen molar-refractivity contribution >= 4 is 22.7 Å². The predicted molar refractivity (Wildman–Crippen MR) is 70.7 cm³/mol. The molecule has 0 saturated heterocycles. The van der Waals surface area contributed by atoms with Crippen LogP contribution in [0.2, 0.25) is 0 Å². The molecule has 1 heterocycles. The van der Waals surface area contributed by atoms with Crippen molar-refractivity contribution in [2.24, 2.45) is 0 Å². The van der Waals surface area contributed by atoms with E-state index < -0.39 is 0 Å². The van der Waals surface area contributed by atoms with Crippen LogP contribution in [-0.2, 0) is 0 Å². The maximum atomic E-state index is 12.0. The zero-order chi connectivity index (χ0) is 12.3. The molecular weight excluding hydrogens is 232 g/mol. The first-order valence-electron chi connectivity index (χ1n) is 5.14. The summed E-state index contributed by atoms with van der Waals surface area (Å²) in [7, 11) is 1.61. The number of benzene rings is 1. The van der Waals surface area contributed by atoms with Crippen molar-refractivity contribution < 1.29 is 9.53 Å². The van der Waals surface area contributed by atoms with Crippen molar-refractivity contribution in [3.63, 3.8) is 0 Å². The van der Waals surface area contributed by atoms with E-state index in [1.165, 1.54) is 11.3 Å². The van der Waals surface area contributed by atoms with Gasteiger partial charge in [-0.2, -0.15) is 0 Å². The minimum absolute atomic E-state index is 0.0230. The number of hydrogen-bond donors (Lipinski definition) is 0. The van der Waals surface area contributed by atoms with Crippen LogP contribution in [0.25, 0.3) is 5.57 Å². The molecule has 0 aliphatic heterocycles. The molecule has 2 nitrogen and oxygen atoms in total. The second-order valence-electron chi connectivity index (χ2n) is 3.51. The van der Waals surface area contributed by atoms with Gasteiger partial charge in [0.15, 0.2) is 0 Å². The third-order valence-corrected chi connectivity index (χ3v) is 3.33. The lowest BCUT2D eigenvalue weighted by atomic mass is 10.0. The molecule has 0 aliphatic rings. The Morgan fingerprint density at radius 2 is 1.94 bits per heavy atom. The Morgan fingerprint density at radius 1 is 1.24 bits per heavy atom. The quantitative estimate of drug-likeness (QED) is 0.606. The highest BCUT2D eigenvalue weighted by Gasteiger charge is 2.12. The Kier molecular flexibility index (Phi) is 3.40. The summed E-state index contributed by atoms with van der Waals surface area (Å²) in [6.07, 6.45) is 0. The van der Waals surface area contributed by atoms with Gasteiger partial charge in [0.1, 0.15) is 5.75 Å². The molecule has 0 bridgehead atoms. The van der Waals surface area contributed by atoms with Crippen LogP contribution in [0.3, 0.4) is 0 Å². The maximum Gasteiger partial charge on any atom is 0.202 e. The lowest BCUT2D eigenvalue weighted by Gasteiger charge is -2.05. The first-order chi connectivity index (χ1) is 8.22. The van der Waals surface area contributed by atoms with E-state index >= 15 is 0 Å². The minimum Gasteiger partial charge on any atom is -0.497 e. The summed E-state index contributed by atoms with van der Waals surface area (Å²) in [4.78, 5) is 12.8. The third-order valence-electron chi connectivity index (χ3n) is 2.46. The Balaban J connectivity index is 2.22. The fourth-order valence-corrected chi connectivity index (χ4v) is 2.17. The topological polar surface area (TPSA) is 26.3 Å². The van der Waals surface area contributed by atoms with Crippen LogP contribution in [0.5, 0.6) is 5.75 Å². The number of carbonyl (C=O) groups is 1. The molecule has 0 fully saturated rings. The highest BCUT2D eigenvalue weighted by Crippen LogP contribution is 2.22. The third kappa shape index (κ3) is 2.45. The number of Topliss-reactive ketones (excluding diaryl/α,β-unsaturated/α-hetero) is 1. The summed E-state index contributed by atoms with van der Waals surface area (Å²) < 4.78 is 5.07. The van der Waals surface area contributed by atoms with Crippen LogP contribution in [0.1, 0.15) is 15.2 Å². The van der Waals surface area contributed by atoms with E-state index in [4.69, 9.17) is 4.74 Å². The Labute approximate surface area is 104 Å². The second-order valence-corrected chi connectivity index (χ2v) is 4.46. The molecule has 0 amide bonds. The van der Waals surface area contributed by atoms with Gasteiger partial charge in [0.05, 0.1) is 12.0 Å². The van der Waals surface area contributed by atoms with Gasteiger partial charge in [-0.1, -0.05) is 24.8 Å². The highest BCUT2D eigenvalue weighted by molar-refractivity contribution is 7.12. The monoisotopic (exact) mass is 244 g/mol. The molecule has 0 N–H and O–H groups in total. The molecule has 86 valence electrons. The fourth-order valence-electron chi connectivity index (χ4n) is 1.48. The molecule has 0 saturated carbocycles. The van der Waals surface area contributed by atoms with E-state index in [2.05, 4.69) is 6.58 Å². The smallest absolute Gasteiger partial charge is 0.202 e. The van der Waals surface area contributed by atoms with Gasteiger partial charge in [-0.25, -0.2) is 0 Å². The van der Waals surface area contributed by atoms with Gasteiger partial charge in [0, 0.05) is 5.57 Å². The van der Waals surface area contributed by atoms with Gasteiger partial charge in [0.25, 0.3) is 0 Å². The molecule has 1 aromatic heterocycles. The van der Waals surface area contributed by atoms with Crippen molar-refractivity contribution in [1.29, 1.82) is 0 Å². The van der Waals surface area contributed by atoms with E-state index in [1.54, 1.807) is 7.11 Å². The van der Waals surface area contributed by atoms with Crippen LogP contribution in [0.4, 0.5) is 0 Å². The summed E-state index contributed by atoms with van der Waals surface area (Å²) in [6, 6.07) is 11.0. The number of methoxy groups -OCH3 is 1. The largest absolute Gasteiger partial charge is 0.497 e. The molecule has 0 radical (unpaired) electrons. The standard InChI is InChI=1S/C14H12O2S/c1-10(14(15)13-4-3-9-17-13)11-5-7-12(16-2)8-6-11/h3-9H,1H2,2H3. The SMILES string of the molecule is C=C(C(=O)c1cccs1)c1ccc(OC)cc1. The van der Waals surface area contributed by atoms with Gasteiger partial charge in [-0.15, -0.1) is 11.3 Å². The average Bonchev–Trinajstić information content (AvgIpc) is 2.91.